The van der Waals surface area contributed by atoms with Crippen molar-refractivity contribution < 1.29 is 4.21 Å². The van der Waals surface area contributed by atoms with Crippen LogP contribution in [0.4, 0.5) is 0 Å². The molecule has 0 heterocycles. The Kier molecular flexibility index (Phi) is 3.77. The van der Waals surface area contributed by atoms with Crippen molar-refractivity contribution in [2.75, 3.05) is 5.75 Å². The predicted molar refractivity (Wildman–Crippen MR) is 57.4 cm³/mol. The summed E-state index contributed by atoms with van der Waals surface area (Å²) >= 11 is 0. The summed E-state index contributed by atoms with van der Waals surface area (Å²) in [4.78, 5) is 0. The van der Waals surface area contributed by atoms with E-state index in [1.807, 2.05) is 0 Å². The van der Waals surface area contributed by atoms with Crippen molar-refractivity contribution in [3.63, 3.8) is 0 Å². The molecule has 1 fully saturated rings. The van der Waals surface area contributed by atoms with Crippen LogP contribution in [0.15, 0.2) is 0 Å². The highest BCUT2D eigenvalue weighted by molar-refractivity contribution is 7.93. The summed E-state index contributed by atoms with van der Waals surface area (Å²) in [7, 11) is -2.26. The molecule has 13 heavy (non-hydrogen) atoms. The van der Waals surface area contributed by atoms with Gasteiger partial charge >= 0.3 is 0 Å². The first-order valence-corrected chi connectivity index (χ1v) is 7.06. The Bertz CT molecular complexity index is 238. The van der Waals surface area contributed by atoms with Gasteiger partial charge in [-0.2, -0.15) is 0 Å². The van der Waals surface area contributed by atoms with Gasteiger partial charge in [-0.1, -0.05) is 26.7 Å². The van der Waals surface area contributed by atoms with Crippen molar-refractivity contribution in [1.82, 2.24) is 0 Å². The Morgan fingerprint density at radius 1 is 1.38 bits per heavy atom. The average Bonchev–Trinajstić information content (AvgIpc) is 2.53. The number of hydrogen-bond donors (Lipinski definition) is 1. The molecular formula is C10H21NOS. The summed E-state index contributed by atoms with van der Waals surface area (Å²) in [6.45, 7) is 4.26. The van der Waals surface area contributed by atoms with Crippen LogP contribution in [-0.4, -0.2) is 15.2 Å². The van der Waals surface area contributed by atoms with E-state index >= 15 is 0 Å². The highest BCUT2D eigenvalue weighted by atomic mass is 32.2. The van der Waals surface area contributed by atoms with Crippen LogP contribution in [0.1, 0.15) is 46.0 Å². The van der Waals surface area contributed by atoms with E-state index < -0.39 is 9.73 Å². The minimum atomic E-state index is -2.26. The van der Waals surface area contributed by atoms with Gasteiger partial charge in [0.25, 0.3) is 0 Å². The van der Waals surface area contributed by atoms with Crippen molar-refractivity contribution in [3.8, 4) is 0 Å². The van der Waals surface area contributed by atoms with Gasteiger partial charge in [0.05, 0.1) is 0 Å². The zero-order chi connectivity index (χ0) is 9.90. The summed E-state index contributed by atoms with van der Waals surface area (Å²) in [5, 5.41) is 0.214. The van der Waals surface area contributed by atoms with Crippen LogP contribution < -0.4 is 0 Å². The number of nitrogens with one attached hydrogen (secondary N) is 1. The van der Waals surface area contributed by atoms with Gasteiger partial charge in [0.15, 0.2) is 0 Å². The van der Waals surface area contributed by atoms with Crippen LogP contribution in [0, 0.1) is 10.7 Å². The van der Waals surface area contributed by atoms with Crippen molar-refractivity contribution >= 4 is 9.73 Å². The predicted octanol–water partition coefficient (Wildman–Crippen LogP) is 3.02. The van der Waals surface area contributed by atoms with Crippen LogP contribution in [0.5, 0.6) is 0 Å². The largest absolute Gasteiger partial charge is 0.253 e. The molecule has 0 bridgehead atoms. The van der Waals surface area contributed by atoms with Gasteiger partial charge in [0, 0.05) is 20.7 Å². The molecule has 0 spiro atoms. The van der Waals surface area contributed by atoms with Crippen LogP contribution in [0.2, 0.25) is 0 Å². The minimum absolute atomic E-state index is 0.214. The van der Waals surface area contributed by atoms with Gasteiger partial charge in [-0.3, -0.25) is 4.78 Å². The average molecular weight is 203 g/mol. The van der Waals surface area contributed by atoms with E-state index in [0.717, 1.165) is 19.3 Å². The van der Waals surface area contributed by atoms with E-state index in [9.17, 15) is 4.21 Å². The number of hydrogen-bond acceptors (Lipinski definition) is 2. The van der Waals surface area contributed by atoms with E-state index in [-0.39, 0.29) is 5.25 Å². The van der Waals surface area contributed by atoms with E-state index in [1.165, 1.54) is 12.8 Å². The van der Waals surface area contributed by atoms with Crippen LogP contribution >= 0.6 is 0 Å². The summed E-state index contributed by atoms with van der Waals surface area (Å²) in [5.41, 5.74) is 0. The Morgan fingerprint density at radius 2 is 1.92 bits per heavy atom. The molecule has 1 aliphatic carbocycles. The van der Waals surface area contributed by atoms with E-state index in [4.69, 9.17) is 4.78 Å². The molecule has 0 amide bonds. The number of rotatable bonds is 4. The molecule has 0 aromatic rings. The smallest absolute Gasteiger partial charge is 0.0470 e. The van der Waals surface area contributed by atoms with Gasteiger partial charge in [-0.25, -0.2) is 4.21 Å². The molecule has 2 nitrogen and oxygen atoms in total. The lowest BCUT2D eigenvalue weighted by Crippen LogP contribution is -2.20. The van der Waals surface area contributed by atoms with E-state index in [2.05, 4.69) is 13.8 Å². The fourth-order valence-electron chi connectivity index (χ4n) is 1.85. The Labute approximate surface area is 82.1 Å². The highest BCUT2D eigenvalue weighted by Crippen LogP contribution is 2.26. The molecule has 3 heteroatoms. The first-order chi connectivity index (χ1) is 6.02. The van der Waals surface area contributed by atoms with Crippen LogP contribution in [0.3, 0.4) is 0 Å². The van der Waals surface area contributed by atoms with Crippen LogP contribution in [-0.2, 0) is 9.73 Å². The molecule has 0 aromatic carbocycles. The SMILES string of the molecule is CC(C)CC[S@](=N)(=O)C1CCCC1. The second kappa shape index (κ2) is 4.45. The first-order valence-electron chi connectivity index (χ1n) is 5.27. The molecule has 0 saturated heterocycles. The fourth-order valence-corrected chi connectivity index (χ4v) is 4.10. The lowest BCUT2D eigenvalue weighted by Gasteiger charge is -2.15. The third-order valence-corrected chi connectivity index (χ3v) is 5.23. The van der Waals surface area contributed by atoms with E-state index in [0.29, 0.717) is 11.7 Å². The molecule has 1 atom stereocenters. The summed E-state index contributed by atoms with van der Waals surface area (Å²) in [5.74, 6) is 1.20. The zero-order valence-electron chi connectivity index (χ0n) is 8.71. The molecule has 1 rings (SSSR count). The Balaban J connectivity index is 2.45. The second-order valence-electron chi connectivity index (χ2n) is 4.52. The summed E-state index contributed by atoms with van der Waals surface area (Å²) < 4.78 is 19.8. The first kappa shape index (κ1) is 11.0. The third-order valence-electron chi connectivity index (χ3n) is 2.84. The topological polar surface area (TPSA) is 40.9 Å². The normalized spacial score (nSPS) is 23.6. The molecule has 0 unspecified atom stereocenters. The molecule has 0 radical (unpaired) electrons. The van der Waals surface area contributed by atoms with Crippen LogP contribution in [0.25, 0.3) is 0 Å². The lowest BCUT2D eigenvalue weighted by atomic mass is 10.2. The van der Waals surface area contributed by atoms with Gasteiger partial charge < -0.3 is 0 Å². The Morgan fingerprint density at radius 3 is 2.38 bits per heavy atom. The highest BCUT2D eigenvalue weighted by Gasteiger charge is 2.25. The molecule has 78 valence electrons. The molecule has 0 aromatic heterocycles. The van der Waals surface area contributed by atoms with E-state index in [1.54, 1.807) is 0 Å². The van der Waals surface area contributed by atoms with Gasteiger partial charge in [0.1, 0.15) is 0 Å². The molecular weight excluding hydrogens is 182 g/mol. The molecule has 0 aliphatic heterocycles. The maximum atomic E-state index is 12.0. The monoisotopic (exact) mass is 203 g/mol. The fraction of sp³-hybridized carbons (Fsp3) is 1.00. The maximum absolute atomic E-state index is 12.0. The molecule has 1 saturated carbocycles. The quantitative estimate of drug-likeness (QED) is 0.749. The van der Waals surface area contributed by atoms with Crippen molar-refractivity contribution in [3.05, 3.63) is 0 Å². The maximum Gasteiger partial charge on any atom is 0.0470 e. The summed E-state index contributed by atoms with van der Waals surface area (Å²) in [6, 6.07) is 0. The van der Waals surface area contributed by atoms with Gasteiger partial charge in [-0.15, -0.1) is 0 Å². The Hall–Kier alpha value is -0.0500. The third kappa shape index (κ3) is 3.29. The summed E-state index contributed by atoms with van der Waals surface area (Å²) in [6.07, 6.45) is 5.37. The van der Waals surface area contributed by atoms with Crippen molar-refractivity contribution in [2.45, 2.75) is 51.2 Å². The van der Waals surface area contributed by atoms with Gasteiger partial charge in [-0.05, 0) is 25.2 Å². The minimum Gasteiger partial charge on any atom is -0.253 e. The standard InChI is InChI=1S/C10H21NOS/c1-9(2)7-8-13(11,12)10-5-3-4-6-10/h9-11H,3-8H2,1-2H3/t13-/m0/s1. The lowest BCUT2D eigenvalue weighted by molar-refractivity contribution is 0.609. The molecule has 1 N–H and O–H groups in total. The second-order valence-corrected chi connectivity index (χ2v) is 7.05. The van der Waals surface area contributed by atoms with Crippen molar-refractivity contribution in [2.24, 2.45) is 5.92 Å². The van der Waals surface area contributed by atoms with Gasteiger partial charge in [0.2, 0.25) is 0 Å². The zero-order valence-corrected chi connectivity index (χ0v) is 9.53. The van der Waals surface area contributed by atoms with Crippen molar-refractivity contribution in [1.29, 1.82) is 4.78 Å². The molecule has 1 aliphatic rings.